The van der Waals surface area contributed by atoms with E-state index in [9.17, 15) is 8.78 Å². The van der Waals surface area contributed by atoms with E-state index in [0.29, 0.717) is 0 Å². The molecule has 0 heterocycles. The van der Waals surface area contributed by atoms with Crippen LogP contribution in [0, 0.1) is 35.3 Å². The van der Waals surface area contributed by atoms with Gasteiger partial charge in [-0.2, -0.15) is 0 Å². The van der Waals surface area contributed by atoms with Crippen molar-refractivity contribution >= 4 is 0 Å². The average Bonchev–Trinajstić information content (AvgIpc) is 2.73. The Morgan fingerprint density at radius 1 is 0.786 bits per heavy atom. The van der Waals surface area contributed by atoms with Crippen molar-refractivity contribution in [2.75, 3.05) is 0 Å². The Morgan fingerprint density at radius 2 is 1.36 bits per heavy atom. The topological polar surface area (TPSA) is 0 Å². The van der Waals surface area contributed by atoms with Crippen molar-refractivity contribution in [3.05, 3.63) is 47.5 Å². The van der Waals surface area contributed by atoms with Crippen molar-refractivity contribution < 1.29 is 8.78 Å². The number of hydrogen-bond donors (Lipinski definition) is 0. The third-order valence-electron chi connectivity index (χ3n) is 7.23. The normalized spacial score (nSPS) is 28.7. The molecule has 3 rings (SSSR count). The molecule has 0 aliphatic heterocycles. The molecule has 0 saturated heterocycles. The van der Waals surface area contributed by atoms with Crippen LogP contribution in [0.4, 0.5) is 8.78 Å². The van der Waals surface area contributed by atoms with Gasteiger partial charge in [-0.1, -0.05) is 44.4 Å². The molecule has 28 heavy (non-hydrogen) atoms. The first-order chi connectivity index (χ1) is 13.6. The first kappa shape index (κ1) is 21.5. The summed E-state index contributed by atoms with van der Waals surface area (Å²) in [6.07, 6.45) is 22.0. The molecule has 2 aliphatic rings. The first-order valence-corrected chi connectivity index (χ1v) is 11.8. The zero-order chi connectivity index (χ0) is 19.8. The van der Waals surface area contributed by atoms with Gasteiger partial charge in [0.05, 0.1) is 0 Å². The summed E-state index contributed by atoms with van der Waals surface area (Å²) in [7, 11) is 0. The Labute approximate surface area is 170 Å². The van der Waals surface area contributed by atoms with Crippen LogP contribution in [0.15, 0.2) is 30.4 Å². The Balaban J connectivity index is 1.33. The summed E-state index contributed by atoms with van der Waals surface area (Å²) in [5, 5.41) is 0. The van der Waals surface area contributed by atoms with Gasteiger partial charge in [0.15, 0.2) is 11.6 Å². The Kier molecular flexibility index (Phi) is 8.55. The molecule has 0 nitrogen and oxygen atoms in total. The average molecular weight is 389 g/mol. The molecular weight excluding hydrogens is 350 g/mol. The van der Waals surface area contributed by atoms with E-state index in [1.54, 1.807) is 6.07 Å². The van der Waals surface area contributed by atoms with Gasteiger partial charge in [-0.25, -0.2) is 8.78 Å². The van der Waals surface area contributed by atoms with Gasteiger partial charge in [0.25, 0.3) is 0 Å². The standard InChI is InChI=1S/C26H38F2/c1-2-3-4-20-5-7-21(8-6-20)9-10-22-11-13-23(14-12-22)15-16-24-17-18-25(27)26(28)19-24/h9-10,17-23H,2-8,11-16H2,1H3. The van der Waals surface area contributed by atoms with Crippen LogP contribution in [0.2, 0.25) is 0 Å². The van der Waals surface area contributed by atoms with E-state index in [1.807, 2.05) is 0 Å². The highest BCUT2D eigenvalue weighted by atomic mass is 19.2. The molecule has 2 saturated carbocycles. The molecule has 0 amide bonds. The lowest BCUT2D eigenvalue weighted by Gasteiger charge is -2.29. The highest BCUT2D eigenvalue weighted by molar-refractivity contribution is 5.17. The maximum Gasteiger partial charge on any atom is 0.159 e. The largest absolute Gasteiger partial charge is 0.204 e. The third-order valence-corrected chi connectivity index (χ3v) is 7.23. The lowest BCUT2D eigenvalue weighted by molar-refractivity contribution is 0.283. The fraction of sp³-hybridized carbons (Fsp3) is 0.692. The molecule has 0 radical (unpaired) electrons. The number of rotatable bonds is 8. The molecule has 156 valence electrons. The number of unbranched alkanes of at least 4 members (excludes halogenated alkanes) is 1. The second kappa shape index (κ2) is 11.1. The van der Waals surface area contributed by atoms with Gasteiger partial charge in [0.2, 0.25) is 0 Å². The number of aryl methyl sites for hydroxylation is 1. The van der Waals surface area contributed by atoms with Crippen LogP contribution in [-0.2, 0) is 6.42 Å². The molecule has 2 fully saturated rings. The van der Waals surface area contributed by atoms with E-state index in [4.69, 9.17) is 0 Å². The van der Waals surface area contributed by atoms with Crippen LogP contribution in [0.5, 0.6) is 0 Å². The fourth-order valence-electron chi connectivity index (χ4n) is 5.21. The van der Waals surface area contributed by atoms with Gasteiger partial charge in [-0.05, 0) is 106 Å². The van der Waals surface area contributed by atoms with E-state index in [1.165, 1.54) is 82.8 Å². The molecule has 0 N–H and O–H groups in total. The van der Waals surface area contributed by atoms with Gasteiger partial charge < -0.3 is 0 Å². The molecule has 0 aromatic heterocycles. The van der Waals surface area contributed by atoms with E-state index < -0.39 is 11.6 Å². The van der Waals surface area contributed by atoms with Crippen molar-refractivity contribution in [2.24, 2.45) is 23.7 Å². The lowest BCUT2D eigenvalue weighted by Crippen LogP contribution is -2.15. The number of allylic oxidation sites excluding steroid dienone is 2. The molecule has 0 bridgehead atoms. The van der Waals surface area contributed by atoms with Crippen LogP contribution >= 0.6 is 0 Å². The van der Waals surface area contributed by atoms with Gasteiger partial charge in [-0.15, -0.1) is 0 Å². The quantitative estimate of drug-likeness (QED) is 0.393. The van der Waals surface area contributed by atoms with Crippen LogP contribution in [0.3, 0.4) is 0 Å². The molecule has 2 aliphatic carbocycles. The molecule has 0 spiro atoms. The van der Waals surface area contributed by atoms with E-state index in [-0.39, 0.29) is 0 Å². The van der Waals surface area contributed by atoms with Crippen molar-refractivity contribution in [3.63, 3.8) is 0 Å². The summed E-state index contributed by atoms with van der Waals surface area (Å²) in [4.78, 5) is 0. The van der Waals surface area contributed by atoms with Gasteiger partial charge in [0.1, 0.15) is 0 Å². The maximum absolute atomic E-state index is 13.3. The van der Waals surface area contributed by atoms with Crippen LogP contribution in [-0.4, -0.2) is 0 Å². The highest BCUT2D eigenvalue weighted by Gasteiger charge is 2.22. The molecule has 0 unspecified atom stereocenters. The summed E-state index contributed by atoms with van der Waals surface area (Å²) in [5.74, 6) is 1.86. The van der Waals surface area contributed by atoms with Gasteiger partial charge in [0, 0.05) is 0 Å². The summed E-state index contributed by atoms with van der Waals surface area (Å²) in [6.45, 7) is 2.30. The van der Waals surface area contributed by atoms with Crippen LogP contribution in [0.25, 0.3) is 0 Å². The SMILES string of the molecule is CCCCC1CCC(C=CC2CCC(CCc3ccc(F)c(F)c3)CC2)CC1. The monoisotopic (exact) mass is 388 g/mol. The van der Waals surface area contributed by atoms with Crippen LogP contribution in [0.1, 0.15) is 89.5 Å². The summed E-state index contributed by atoms with van der Waals surface area (Å²) >= 11 is 0. The van der Waals surface area contributed by atoms with Crippen molar-refractivity contribution in [1.82, 2.24) is 0 Å². The van der Waals surface area contributed by atoms with Crippen molar-refractivity contribution in [1.29, 1.82) is 0 Å². The number of halogens is 2. The summed E-state index contributed by atoms with van der Waals surface area (Å²) < 4.78 is 26.4. The number of benzene rings is 1. The summed E-state index contributed by atoms with van der Waals surface area (Å²) in [6, 6.07) is 4.34. The first-order valence-electron chi connectivity index (χ1n) is 11.8. The third kappa shape index (κ3) is 6.71. The van der Waals surface area contributed by atoms with Gasteiger partial charge in [-0.3, -0.25) is 0 Å². The predicted octanol–water partition coefficient (Wildman–Crippen LogP) is 8.26. The molecule has 2 heteroatoms. The Morgan fingerprint density at radius 3 is 1.89 bits per heavy atom. The summed E-state index contributed by atoms with van der Waals surface area (Å²) in [5.41, 5.74) is 0.926. The lowest BCUT2D eigenvalue weighted by atomic mass is 9.77. The van der Waals surface area contributed by atoms with E-state index >= 15 is 0 Å². The van der Waals surface area contributed by atoms with Crippen molar-refractivity contribution in [3.8, 4) is 0 Å². The fourth-order valence-corrected chi connectivity index (χ4v) is 5.21. The second-order valence-corrected chi connectivity index (χ2v) is 9.38. The second-order valence-electron chi connectivity index (χ2n) is 9.38. The van der Waals surface area contributed by atoms with E-state index in [2.05, 4.69) is 19.1 Å². The highest BCUT2D eigenvalue weighted by Crippen LogP contribution is 2.35. The van der Waals surface area contributed by atoms with Gasteiger partial charge >= 0.3 is 0 Å². The predicted molar refractivity (Wildman–Crippen MR) is 114 cm³/mol. The maximum atomic E-state index is 13.3. The minimum Gasteiger partial charge on any atom is -0.204 e. The minimum atomic E-state index is -0.745. The zero-order valence-corrected chi connectivity index (χ0v) is 17.6. The molecule has 1 aromatic carbocycles. The minimum absolute atomic E-state index is 0.717. The molecular formula is C26H38F2. The molecule has 0 atom stereocenters. The van der Waals surface area contributed by atoms with Crippen LogP contribution < -0.4 is 0 Å². The molecule has 1 aromatic rings. The van der Waals surface area contributed by atoms with Crippen molar-refractivity contribution in [2.45, 2.75) is 90.4 Å². The Bertz CT molecular complexity index is 605. The Hall–Kier alpha value is -1.18. The zero-order valence-electron chi connectivity index (χ0n) is 17.6. The smallest absolute Gasteiger partial charge is 0.159 e. The van der Waals surface area contributed by atoms with E-state index in [0.717, 1.165) is 42.1 Å². The number of hydrogen-bond acceptors (Lipinski definition) is 0.